The Morgan fingerprint density at radius 1 is 1.62 bits per heavy atom. The molecule has 92 valence electrons. The first-order valence-electron chi connectivity index (χ1n) is 6.41. The van der Waals surface area contributed by atoms with Crippen molar-refractivity contribution in [2.45, 2.75) is 53.1 Å². The van der Waals surface area contributed by atoms with Crippen LogP contribution in [0.4, 0.5) is 0 Å². The lowest BCUT2D eigenvalue weighted by molar-refractivity contribution is 0.154. The van der Waals surface area contributed by atoms with Crippen molar-refractivity contribution in [3.63, 3.8) is 0 Å². The molecule has 0 aliphatic heterocycles. The Hall–Kier alpha value is -0.560. The number of methoxy groups -OCH3 is 1. The summed E-state index contributed by atoms with van der Waals surface area (Å²) in [6.45, 7) is 9.07. The molecule has 3 unspecified atom stereocenters. The molecule has 0 bridgehead atoms. The first-order chi connectivity index (χ1) is 7.53. The van der Waals surface area contributed by atoms with Crippen LogP contribution in [0.15, 0.2) is 23.8 Å². The third-order valence-electron chi connectivity index (χ3n) is 4.18. The van der Waals surface area contributed by atoms with Crippen LogP contribution < -0.4 is 0 Å². The number of rotatable bonds is 4. The summed E-state index contributed by atoms with van der Waals surface area (Å²) >= 11 is 0. The minimum Gasteiger partial charge on any atom is -0.378 e. The van der Waals surface area contributed by atoms with Gasteiger partial charge in [-0.05, 0) is 38.5 Å². The molecule has 0 radical (unpaired) electrons. The zero-order chi connectivity index (χ0) is 12.2. The van der Waals surface area contributed by atoms with Gasteiger partial charge in [0.15, 0.2) is 0 Å². The molecule has 0 saturated carbocycles. The summed E-state index contributed by atoms with van der Waals surface area (Å²) in [4.78, 5) is 0. The highest BCUT2D eigenvalue weighted by atomic mass is 16.5. The predicted octanol–water partition coefficient (Wildman–Crippen LogP) is 4.35. The van der Waals surface area contributed by atoms with Crippen molar-refractivity contribution >= 4 is 0 Å². The van der Waals surface area contributed by atoms with Gasteiger partial charge in [-0.2, -0.15) is 0 Å². The fourth-order valence-corrected chi connectivity index (χ4v) is 2.59. The van der Waals surface area contributed by atoms with Gasteiger partial charge >= 0.3 is 0 Å². The van der Waals surface area contributed by atoms with Crippen LogP contribution in [0.25, 0.3) is 0 Å². The Morgan fingerprint density at radius 2 is 2.31 bits per heavy atom. The molecular formula is C15H26O. The van der Waals surface area contributed by atoms with Crippen molar-refractivity contribution in [1.29, 1.82) is 0 Å². The van der Waals surface area contributed by atoms with Gasteiger partial charge in [-0.15, -0.1) is 0 Å². The van der Waals surface area contributed by atoms with Gasteiger partial charge in [-0.25, -0.2) is 0 Å². The number of hydrogen-bond donors (Lipinski definition) is 0. The van der Waals surface area contributed by atoms with Gasteiger partial charge in [0.1, 0.15) is 0 Å². The Kier molecular flexibility index (Phi) is 4.79. The molecule has 0 N–H and O–H groups in total. The average Bonchev–Trinajstić information content (AvgIpc) is 2.28. The third kappa shape index (κ3) is 2.98. The molecule has 1 rings (SSSR count). The van der Waals surface area contributed by atoms with Crippen LogP contribution in [-0.2, 0) is 4.74 Å². The second-order valence-corrected chi connectivity index (χ2v) is 5.30. The van der Waals surface area contributed by atoms with E-state index in [1.807, 2.05) is 0 Å². The van der Waals surface area contributed by atoms with Crippen LogP contribution in [-0.4, -0.2) is 13.2 Å². The standard InChI is InChI=1S/C15H26O/c1-6-15(4)11-7-8-12(2)14(15)10-9-13(3)16-5/h8-10,13-14H,6-7,11H2,1-5H3. The monoisotopic (exact) mass is 222 g/mol. The van der Waals surface area contributed by atoms with Crippen molar-refractivity contribution in [2.75, 3.05) is 7.11 Å². The molecule has 0 aromatic carbocycles. The van der Waals surface area contributed by atoms with E-state index in [0.717, 1.165) is 0 Å². The van der Waals surface area contributed by atoms with Gasteiger partial charge in [-0.1, -0.05) is 37.6 Å². The molecule has 0 aromatic heterocycles. The molecule has 1 aliphatic rings. The Bertz CT molecular complexity index is 277. The van der Waals surface area contributed by atoms with Crippen LogP contribution in [0.1, 0.15) is 47.0 Å². The van der Waals surface area contributed by atoms with E-state index in [1.54, 1.807) is 7.11 Å². The molecule has 0 fully saturated rings. The third-order valence-corrected chi connectivity index (χ3v) is 4.18. The van der Waals surface area contributed by atoms with Crippen molar-refractivity contribution in [1.82, 2.24) is 0 Å². The van der Waals surface area contributed by atoms with Crippen molar-refractivity contribution < 1.29 is 4.74 Å². The highest BCUT2D eigenvalue weighted by Gasteiger charge is 2.33. The summed E-state index contributed by atoms with van der Waals surface area (Å²) in [5.41, 5.74) is 1.96. The summed E-state index contributed by atoms with van der Waals surface area (Å²) < 4.78 is 5.27. The predicted molar refractivity (Wildman–Crippen MR) is 70.5 cm³/mol. The lowest BCUT2D eigenvalue weighted by atomic mass is 9.66. The molecule has 1 nitrogen and oxygen atoms in total. The topological polar surface area (TPSA) is 9.23 Å². The van der Waals surface area contributed by atoms with E-state index in [2.05, 4.69) is 45.9 Å². The second kappa shape index (κ2) is 5.67. The normalized spacial score (nSPS) is 32.8. The zero-order valence-electron chi connectivity index (χ0n) is 11.4. The molecule has 0 amide bonds. The molecule has 0 saturated heterocycles. The number of allylic oxidation sites excluding steroid dienone is 3. The van der Waals surface area contributed by atoms with E-state index in [9.17, 15) is 0 Å². The maximum Gasteiger partial charge on any atom is 0.0724 e. The summed E-state index contributed by atoms with van der Waals surface area (Å²) in [5.74, 6) is 0.587. The Morgan fingerprint density at radius 3 is 2.88 bits per heavy atom. The van der Waals surface area contributed by atoms with Gasteiger partial charge in [0.2, 0.25) is 0 Å². The molecule has 3 atom stereocenters. The van der Waals surface area contributed by atoms with Crippen molar-refractivity contribution in [2.24, 2.45) is 11.3 Å². The van der Waals surface area contributed by atoms with E-state index in [0.29, 0.717) is 11.3 Å². The summed E-state index contributed by atoms with van der Waals surface area (Å²) in [6, 6.07) is 0. The lowest BCUT2D eigenvalue weighted by Gasteiger charge is -2.39. The Balaban J connectivity index is 2.83. The van der Waals surface area contributed by atoms with Crippen molar-refractivity contribution in [3.05, 3.63) is 23.8 Å². The van der Waals surface area contributed by atoms with Crippen LogP contribution in [0.2, 0.25) is 0 Å². The highest BCUT2D eigenvalue weighted by Crippen LogP contribution is 2.44. The minimum atomic E-state index is 0.218. The molecule has 16 heavy (non-hydrogen) atoms. The molecule has 1 aliphatic carbocycles. The van der Waals surface area contributed by atoms with Crippen LogP contribution in [0.5, 0.6) is 0 Å². The van der Waals surface area contributed by atoms with Gasteiger partial charge in [0.05, 0.1) is 6.10 Å². The van der Waals surface area contributed by atoms with Gasteiger partial charge < -0.3 is 4.74 Å². The van der Waals surface area contributed by atoms with Gasteiger partial charge in [0.25, 0.3) is 0 Å². The lowest BCUT2D eigenvalue weighted by Crippen LogP contribution is -2.29. The zero-order valence-corrected chi connectivity index (χ0v) is 11.4. The summed E-state index contributed by atoms with van der Waals surface area (Å²) in [5, 5.41) is 0. The SMILES string of the molecule is CCC1(C)CCC=C(C)C1C=CC(C)OC. The molecule has 0 heterocycles. The van der Waals surface area contributed by atoms with E-state index in [4.69, 9.17) is 4.74 Å². The fourth-order valence-electron chi connectivity index (χ4n) is 2.59. The second-order valence-electron chi connectivity index (χ2n) is 5.30. The van der Waals surface area contributed by atoms with E-state index in [1.165, 1.54) is 24.8 Å². The number of hydrogen-bond acceptors (Lipinski definition) is 1. The molecule has 1 heteroatoms. The molecule has 0 aromatic rings. The first-order valence-corrected chi connectivity index (χ1v) is 6.41. The largest absolute Gasteiger partial charge is 0.378 e. The maximum absolute atomic E-state index is 5.27. The highest BCUT2D eigenvalue weighted by molar-refractivity contribution is 5.19. The van der Waals surface area contributed by atoms with Gasteiger partial charge in [0, 0.05) is 13.0 Å². The average molecular weight is 222 g/mol. The maximum atomic E-state index is 5.27. The van der Waals surface area contributed by atoms with E-state index < -0.39 is 0 Å². The van der Waals surface area contributed by atoms with Crippen LogP contribution in [0, 0.1) is 11.3 Å². The fraction of sp³-hybridized carbons (Fsp3) is 0.733. The van der Waals surface area contributed by atoms with Crippen LogP contribution >= 0.6 is 0 Å². The Labute approximate surface area is 101 Å². The van der Waals surface area contributed by atoms with E-state index in [-0.39, 0.29) is 6.10 Å². The van der Waals surface area contributed by atoms with Gasteiger partial charge in [-0.3, -0.25) is 0 Å². The smallest absolute Gasteiger partial charge is 0.0724 e. The number of ether oxygens (including phenoxy) is 1. The summed E-state index contributed by atoms with van der Waals surface area (Å²) in [6.07, 6.45) is 10.9. The molecular weight excluding hydrogens is 196 g/mol. The summed E-state index contributed by atoms with van der Waals surface area (Å²) in [7, 11) is 1.76. The van der Waals surface area contributed by atoms with Crippen molar-refractivity contribution in [3.8, 4) is 0 Å². The minimum absolute atomic E-state index is 0.218. The quantitative estimate of drug-likeness (QED) is 0.643. The molecule has 0 spiro atoms. The van der Waals surface area contributed by atoms with E-state index >= 15 is 0 Å². The van der Waals surface area contributed by atoms with Crippen LogP contribution in [0.3, 0.4) is 0 Å². The first kappa shape index (κ1) is 13.5.